The Bertz CT molecular complexity index is 1670. The number of aromatic nitrogens is 2. The minimum absolute atomic E-state index is 0.0970. The first-order chi connectivity index (χ1) is 16.3. The van der Waals surface area contributed by atoms with E-state index in [1.165, 1.54) is 17.5 Å². The number of aliphatic hydroxyl groups excluding tert-OH is 1. The van der Waals surface area contributed by atoms with E-state index in [-0.39, 0.29) is 17.6 Å². The van der Waals surface area contributed by atoms with Crippen LogP contribution in [0.1, 0.15) is 11.7 Å². The smallest absolute Gasteiger partial charge is 0.434 e. The largest absolute Gasteiger partial charge is 0.492 e. The van der Waals surface area contributed by atoms with Gasteiger partial charge in [0.2, 0.25) is 10.0 Å². The van der Waals surface area contributed by atoms with E-state index in [0.29, 0.717) is 22.7 Å². The highest BCUT2D eigenvalue weighted by atomic mass is 32.2. The van der Waals surface area contributed by atoms with E-state index in [1.54, 1.807) is 6.07 Å². The van der Waals surface area contributed by atoms with E-state index in [1.807, 2.05) is 36.4 Å². The van der Waals surface area contributed by atoms with Gasteiger partial charge in [-0.3, -0.25) is 0 Å². The van der Waals surface area contributed by atoms with Gasteiger partial charge in [0.1, 0.15) is 17.9 Å². The van der Waals surface area contributed by atoms with Crippen LogP contribution in [-0.4, -0.2) is 48.4 Å². The Hall–Kier alpha value is -3.60. The number of H-pyrrole nitrogens is 1. The summed E-state index contributed by atoms with van der Waals surface area (Å²) < 4.78 is 35.2. The second-order valence-electron chi connectivity index (χ2n) is 8.07. The number of rotatable bonds is 8. The molecule has 176 valence electrons. The highest BCUT2D eigenvalue weighted by molar-refractivity contribution is 7.89. The van der Waals surface area contributed by atoms with Gasteiger partial charge < -0.3 is 24.6 Å². The van der Waals surface area contributed by atoms with Crippen LogP contribution in [0.15, 0.2) is 69.9 Å². The molecule has 0 aliphatic heterocycles. The molecule has 0 radical (unpaired) electrons. The van der Waals surface area contributed by atoms with E-state index >= 15 is 0 Å². The summed E-state index contributed by atoms with van der Waals surface area (Å²) in [6, 6.07) is 18.6. The number of oxazole rings is 1. The lowest BCUT2D eigenvalue weighted by Gasteiger charge is -2.13. The summed E-state index contributed by atoms with van der Waals surface area (Å²) in [5, 5.41) is 15.9. The third-order valence-corrected chi connectivity index (χ3v) is 6.65. The first kappa shape index (κ1) is 22.2. The fourth-order valence-corrected chi connectivity index (χ4v) is 4.86. The second kappa shape index (κ2) is 8.64. The third-order valence-electron chi connectivity index (χ3n) is 5.64. The van der Waals surface area contributed by atoms with Crippen molar-refractivity contribution in [2.75, 3.05) is 26.0 Å². The number of para-hydroxylation sites is 1. The van der Waals surface area contributed by atoms with Crippen LogP contribution in [0.2, 0.25) is 0 Å². The summed E-state index contributed by atoms with van der Waals surface area (Å²) in [6.45, 7) is 1.10. The van der Waals surface area contributed by atoms with Crippen molar-refractivity contribution < 1.29 is 22.7 Å². The first-order valence-electron chi connectivity index (χ1n) is 10.7. The second-order valence-corrected chi connectivity index (χ2v) is 9.90. The van der Waals surface area contributed by atoms with E-state index in [0.717, 1.165) is 28.4 Å². The summed E-state index contributed by atoms with van der Waals surface area (Å²) in [5.41, 5.74) is 2.78. The van der Waals surface area contributed by atoms with E-state index < -0.39 is 21.9 Å². The average Bonchev–Trinajstić information content (AvgIpc) is 3.34. The summed E-state index contributed by atoms with van der Waals surface area (Å²) in [6.07, 6.45) is 0.00862. The number of fused-ring (bicyclic) bond motifs is 4. The number of aliphatic hydroxyl groups is 1. The molecular formula is C24H23N3O6S. The minimum atomic E-state index is -3.84. The zero-order valence-corrected chi connectivity index (χ0v) is 19.1. The first-order valence-corrected chi connectivity index (χ1v) is 12.5. The molecule has 0 bridgehead atoms. The van der Waals surface area contributed by atoms with Gasteiger partial charge in [-0.25, -0.2) is 13.2 Å². The zero-order valence-electron chi connectivity index (χ0n) is 18.3. The van der Waals surface area contributed by atoms with Gasteiger partial charge in [-0.2, -0.15) is 3.97 Å². The average molecular weight is 482 g/mol. The van der Waals surface area contributed by atoms with E-state index in [4.69, 9.17) is 9.15 Å². The Kier molecular flexibility index (Phi) is 5.64. The normalized spacial score (nSPS) is 13.1. The molecule has 10 heteroatoms. The lowest BCUT2D eigenvalue weighted by molar-refractivity contribution is 0.172. The quantitative estimate of drug-likeness (QED) is 0.291. The molecule has 0 saturated heterocycles. The number of benzene rings is 3. The number of aromatic amines is 1. The van der Waals surface area contributed by atoms with Gasteiger partial charge in [0, 0.05) is 35.4 Å². The summed E-state index contributed by atoms with van der Waals surface area (Å²) >= 11 is 0. The van der Waals surface area contributed by atoms with E-state index in [2.05, 4.69) is 16.4 Å². The van der Waals surface area contributed by atoms with Crippen molar-refractivity contribution in [2.24, 2.45) is 0 Å². The number of nitrogens with zero attached hydrogens (tertiary/aromatic N) is 1. The van der Waals surface area contributed by atoms with Gasteiger partial charge in [-0.1, -0.05) is 24.3 Å². The molecule has 1 atom stereocenters. The van der Waals surface area contributed by atoms with Crippen LogP contribution in [0.3, 0.4) is 0 Å². The highest BCUT2D eigenvalue weighted by Gasteiger charge is 2.19. The van der Waals surface area contributed by atoms with Crippen LogP contribution >= 0.6 is 0 Å². The monoisotopic (exact) mass is 481 g/mol. The van der Waals surface area contributed by atoms with Gasteiger partial charge in [0.25, 0.3) is 0 Å². The summed E-state index contributed by atoms with van der Waals surface area (Å²) in [4.78, 5) is 15.3. The van der Waals surface area contributed by atoms with Crippen molar-refractivity contribution in [3.05, 3.63) is 76.8 Å². The van der Waals surface area contributed by atoms with Crippen molar-refractivity contribution in [3.8, 4) is 5.75 Å². The van der Waals surface area contributed by atoms with Crippen LogP contribution in [-0.2, 0) is 10.0 Å². The Morgan fingerprint density at radius 2 is 1.88 bits per heavy atom. The maximum atomic E-state index is 11.9. The molecule has 0 aliphatic carbocycles. The lowest BCUT2D eigenvalue weighted by atomic mass is 10.1. The number of hydrogen-bond acceptors (Lipinski definition) is 7. The number of hydrogen-bond donors (Lipinski definition) is 3. The summed E-state index contributed by atoms with van der Waals surface area (Å²) in [5.74, 6) is -0.240. The molecule has 3 aromatic carbocycles. The molecule has 3 N–H and O–H groups in total. The SMILES string of the molecule is CS(=O)(=O)n1c(=O)oc2ccc(C(O)CNCCOc3ccc4c(c3)[nH]c3ccccc34)cc21. The van der Waals surface area contributed by atoms with Gasteiger partial charge in [0.15, 0.2) is 5.58 Å². The van der Waals surface area contributed by atoms with Crippen molar-refractivity contribution in [3.63, 3.8) is 0 Å². The molecule has 0 aliphatic rings. The zero-order chi connectivity index (χ0) is 23.9. The van der Waals surface area contributed by atoms with Gasteiger partial charge in [-0.15, -0.1) is 0 Å². The van der Waals surface area contributed by atoms with E-state index in [9.17, 15) is 18.3 Å². The molecule has 5 rings (SSSR count). The van der Waals surface area contributed by atoms with Crippen LogP contribution < -0.4 is 15.8 Å². The van der Waals surface area contributed by atoms with Crippen molar-refractivity contribution >= 4 is 42.9 Å². The molecule has 1 unspecified atom stereocenters. The lowest BCUT2D eigenvalue weighted by Crippen LogP contribution is -2.26. The maximum Gasteiger partial charge on any atom is 0.434 e. The summed E-state index contributed by atoms with van der Waals surface area (Å²) in [7, 11) is -3.84. The molecule has 0 saturated carbocycles. The Labute approximate surface area is 194 Å². The maximum absolute atomic E-state index is 11.9. The Morgan fingerprint density at radius 3 is 2.71 bits per heavy atom. The number of nitrogens with one attached hydrogen (secondary N) is 2. The topological polar surface area (TPSA) is 127 Å². The van der Waals surface area contributed by atoms with Crippen LogP contribution in [0.4, 0.5) is 0 Å². The molecule has 0 amide bonds. The fourth-order valence-electron chi connectivity index (χ4n) is 4.06. The molecule has 5 aromatic rings. The van der Waals surface area contributed by atoms with Gasteiger partial charge in [-0.05, 0) is 35.9 Å². The molecule has 0 spiro atoms. The molecule has 0 fully saturated rings. The highest BCUT2D eigenvalue weighted by Crippen LogP contribution is 2.28. The van der Waals surface area contributed by atoms with Crippen molar-refractivity contribution in [2.45, 2.75) is 6.10 Å². The van der Waals surface area contributed by atoms with Crippen molar-refractivity contribution in [1.29, 1.82) is 0 Å². The molecule has 9 nitrogen and oxygen atoms in total. The molecule has 34 heavy (non-hydrogen) atoms. The minimum Gasteiger partial charge on any atom is -0.492 e. The molecular weight excluding hydrogens is 458 g/mol. The standard InChI is InChI=1S/C24H23N3O6S/c1-34(30,31)27-21-12-15(6-9-23(21)33-24(27)29)22(28)14-25-10-11-32-16-7-8-18-17-4-2-3-5-19(17)26-20(18)13-16/h2-9,12-13,22,25-26,28H,10-11,14H2,1H3. The van der Waals surface area contributed by atoms with Crippen molar-refractivity contribution in [1.82, 2.24) is 14.3 Å². The third kappa shape index (κ3) is 4.18. The molecule has 2 aromatic heterocycles. The Balaban J connectivity index is 1.19. The predicted octanol–water partition coefficient (Wildman–Crippen LogP) is 2.74. The predicted molar refractivity (Wildman–Crippen MR) is 130 cm³/mol. The van der Waals surface area contributed by atoms with Gasteiger partial charge in [0.05, 0.1) is 17.9 Å². The Morgan fingerprint density at radius 1 is 1.09 bits per heavy atom. The van der Waals surface area contributed by atoms with Crippen LogP contribution in [0, 0.1) is 0 Å². The van der Waals surface area contributed by atoms with Crippen LogP contribution in [0.25, 0.3) is 32.9 Å². The fraction of sp³-hybridized carbons (Fsp3) is 0.208. The molecule has 2 heterocycles. The van der Waals surface area contributed by atoms with Gasteiger partial charge >= 0.3 is 5.76 Å². The number of ether oxygens (including phenoxy) is 1. The van der Waals surface area contributed by atoms with Crippen LogP contribution in [0.5, 0.6) is 5.75 Å².